The zero-order valence-corrected chi connectivity index (χ0v) is 15.6. The molecule has 1 aliphatic rings. The molecule has 6 nitrogen and oxygen atoms in total. The van der Waals surface area contributed by atoms with Gasteiger partial charge in [0, 0.05) is 36.6 Å². The summed E-state index contributed by atoms with van der Waals surface area (Å²) in [6.45, 7) is 0.503. The summed E-state index contributed by atoms with van der Waals surface area (Å²) in [5.41, 5.74) is 1.88. The van der Waals surface area contributed by atoms with Crippen molar-refractivity contribution in [2.75, 3.05) is 13.1 Å². The van der Waals surface area contributed by atoms with Crippen molar-refractivity contribution in [1.82, 2.24) is 19.3 Å². The van der Waals surface area contributed by atoms with Gasteiger partial charge in [-0.25, -0.2) is 14.4 Å². The van der Waals surface area contributed by atoms with Crippen LogP contribution in [0.4, 0.5) is 4.39 Å². The van der Waals surface area contributed by atoms with Gasteiger partial charge < -0.3 is 14.0 Å². The van der Waals surface area contributed by atoms with Crippen molar-refractivity contribution >= 4 is 22.5 Å². The molecule has 5 rings (SSSR count). The van der Waals surface area contributed by atoms with Gasteiger partial charge in [-0.3, -0.25) is 4.79 Å². The lowest BCUT2D eigenvalue weighted by Gasteiger charge is -2.34. The van der Waals surface area contributed by atoms with Gasteiger partial charge >= 0.3 is 0 Å². The summed E-state index contributed by atoms with van der Waals surface area (Å²) >= 11 is 0. The van der Waals surface area contributed by atoms with Crippen LogP contribution in [0.1, 0.15) is 16.8 Å². The Hall–Kier alpha value is -3.48. The van der Waals surface area contributed by atoms with Crippen LogP contribution in [0.2, 0.25) is 0 Å². The first-order chi connectivity index (χ1) is 14.2. The highest BCUT2D eigenvalue weighted by Gasteiger charge is 2.34. The molecule has 0 radical (unpaired) electrons. The monoisotopic (exact) mass is 390 g/mol. The number of likely N-dealkylation sites (tertiary alicyclic amines) is 1. The summed E-state index contributed by atoms with van der Waals surface area (Å²) in [6, 6.07) is 14.9. The molecule has 0 unspecified atom stereocenters. The van der Waals surface area contributed by atoms with Crippen LogP contribution in [0, 0.1) is 0 Å². The number of alkyl halides is 1. The Kier molecular flexibility index (Phi) is 4.35. The molecule has 29 heavy (non-hydrogen) atoms. The first kappa shape index (κ1) is 17.6. The minimum Gasteiger partial charge on any atom is -0.469 e. The standard InChI is InChI=1S/C22H19FN4O2/c23-17-9-12-27(22(28)16-5-3-11-26-13-10-24-21(16)26)14-19(17)29-20-8-7-15-4-1-2-6-18(15)25-20/h1-8,10-11,13,17,19H,9,12,14H2/t17-,19-/m0/s1. The number of nitrogens with zero attached hydrogens (tertiary/aromatic N) is 4. The van der Waals surface area contributed by atoms with E-state index in [-0.39, 0.29) is 18.9 Å². The van der Waals surface area contributed by atoms with Gasteiger partial charge in [0.2, 0.25) is 5.88 Å². The van der Waals surface area contributed by atoms with Gasteiger partial charge in [-0.1, -0.05) is 18.2 Å². The van der Waals surface area contributed by atoms with E-state index in [9.17, 15) is 9.18 Å². The number of para-hydroxylation sites is 1. The molecule has 1 aromatic carbocycles. The van der Waals surface area contributed by atoms with Crippen LogP contribution in [-0.4, -0.2) is 50.5 Å². The van der Waals surface area contributed by atoms with Crippen molar-refractivity contribution in [3.05, 3.63) is 72.7 Å². The number of benzene rings is 1. The van der Waals surface area contributed by atoms with Gasteiger partial charge in [0.1, 0.15) is 17.9 Å². The van der Waals surface area contributed by atoms with E-state index in [0.29, 0.717) is 23.6 Å². The summed E-state index contributed by atoms with van der Waals surface area (Å²) in [7, 11) is 0. The molecule has 146 valence electrons. The number of pyridine rings is 2. The van der Waals surface area contributed by atoms with Crippen LogP contribution in [0.15, 0.2) is 67.1 Å². The molecule has 0 saturated carbocycles. The lowest BCUT2D eigenvalue weighted by molar-refractivity contribution is 0.0167. The summed E-state index contributed by atoms with van der Waals surface area (Å²) in [5.74, 6) is 0.190. The number of hydrogen-bond acceptors (Lipinski definition) is 4. The second-order valence-corrected chi connectivity index (χ2v) is 7.13. The third-order valence-corrected chi connectivity index (χ3v) is 5.26. The number of halogens is 1. The Bertz CT molecular complexity index is 1190. The number of rotatable bonds is 3. The highest BCUT2D eigenvalue weighted by molar-refractivity contribution is 5.99. The number of fused-ring (bicyclic) bond motifs is 2. The Labute approximate surface area is 166 Å². The van der Waals surface area contributed by atoms with E-state index in [1.807, 2.05) is 36.5 Å². The van der Waals surface area contributed by atoms with Gasteiger partial charge in [-0.2, -0.15) is 0 Å². The number of carbonyl (C=O) groups is 1. The molecule has 0 spiro atoms. The molecule has 1 fully saturated rings. The van der Waals surface area contributed by atoms with Crippen LogP contribution in [-0.2, 0) is 0 Å². The largest absolute Gasteiger partial charge is 0.469 e. The van der Waals surface area contributed by atoms with E-state index < -0.39 is 12.3 Å². The predicted molar refractivity (Wildman–Crippen MR) is 107 cm³/mol. The Balaban J connectivity index is 1.37. The van der Waals surface area contributed by atoms with Crippen molar-refractivity contribution in [2.45, 2.75) is 18.7 Å². The molecule has 1 saturated heterocycles. The zero-order valence-electron chi connectivity index (χ0n) is 15.6. The van der Waals surface area contributed by atoms with Crippen LogP contribution >= 0.6 is 0 Å². The van der Waals surface area contributed by atoms with Crippen LogP contribution in [0.25, 0.3) is 16.6 Å². The van der Waals surface area contributed by atoms with E-state index in [4.69, 9.17) is 4.74 Å². The number of carbonyl (C=O) groups excluding carboxylic acids is 1. The molecule has 0 N–H and O–H groups in total. The van der Waals surface area contributed by atoms with E-state index in [1.54, 1.807) is 39.9 Å². The van der Waals surface area contributed by atoms with E-state index >= 15 is 0 Å². The van der Waals surface area contributed by atoms with Crippen molar-refractivity contribution in [3.63, 3.8) is 0 Å². The number of hydrogen-bond donors (Lipinski definition) is 0. The van der Waals surface area contributed by atoms with Crippen molar-refractivity contribution < 1.29 is 13.9 Å². The van der Waals surface area contributed by atoms with Crippen LogP contribution in [0.3, 0.4) is 0 Å². The highest BCUT2D eigenvalue weighted by atomic mass is 19.1. The molecule has 0 aliphatic carbocycles. The SMILES string of the molecule is O=C(c1cccn2ccnc12)N1CC[C@H](F)[C@@H](Oc2ccc3ccccc3n2)C1. The quantitative estimate of drug-likeness (QED) is 0.537. The van der Waals surface area contributed by atoms with Gasteiger partial charge in [0.25, 0.3) is 5.91 Å². The molecule has 0 bridgehead atoms. The number of imidazole rings is 1. The summed E-state index contributed by atoms with van der Waals surface area (Å²) in [6.07, 6.45) is 3.58. The third-order valence-electron chi connectivity index (χ3n) is 5.26. The molecule has 4 heterocycles. The van der Waals surface area contributed by atoms with Crippen molar-refractivity contribution in [1.29, 1.82) is 0 Å². The third kappa shape index (κ3) is 3.29. The lowest BCUT2D eigenvalue weighted by atomic mass is 10.0. The average Bonchev–Trinajstić information content (AvgIpc) is 3.24. The van der Waals surface area contributed by atoms with Gasteiger partial charge in [-0.15, -0.1) is 0 Å². The maximum Gasteiger partial charge on any atom is 0.257 e. The molecule has 1 amide bonds. The summed E-state index contributed by atoms with van der Waals surface area (Å²) < 4.78 is 22.2. The minimum absolute atomic E-state index is 0.163. The number of ether oxygens (including phenoxy) is 1. The van der Waals surface area contributed by atoms with Crippen LogP contribution < -0.4 is 4.74 Å². The number of piperidine rings is 1. The zero-order chi connectivity index (χ0) is 19.8. The average molecular weight is 390 g/mol. The molecule has 1 aliphatic heterocycles. The summed E-state index contributed by atoms with van der Waals surface area (Å²) in [5, 5.41) is 0.991. The number of aromatic nitrogens is 3. The molecular weight excluding hydrogens is 371 g/mol. The highest BCUT2D eigenvalue weighted by Crippen LogP contribution is 2.24. The van der Waals surface area contributed by atoms with Gasteiger partial charge in [0.15, 0.2) is 0 Å². The predicted octanol–water partition coefficient (Wildman–Crippen LogP) is 3.51. The molecule has 4 aromatic rings. The minimum atomic E-state index is -1.16. The second-order valence-electron chi connectivity index (χ2n) is 7.13. The first-order valence-electron chi connectivity index (χ1n) is 9.56. The maximum atomic E-state index is 14.6. The first-order valence-corrected chi connectivity index (χ1v) is 9.56. The van der Waals surface area contributed by atoms with Crippen molar-refractivity contribution in [3.8, 4) is 5.88 Å². The summed E-state index contributed by atoms with van der Waals surface area (Å²) in [4.78, 5) is 23.4. The molecule has 7 heteroatoms. The molecule has 3 aromatic heterocycles. The fourth-order valence-corrected chi connectivity index (χ4v) is 3.74. The van der Waals surface area contributed by atoms with E-state index in [0.717, 1.165) is 10.9 Å². The van der Waals surface area contributed by atoms with Gasteiger partial charge in [-0.05, 0) is 30.7 Å². The van der Waals surface area contributed by atoms with E-state index in [1.165, 1.54) is 0 Å². The number of amides is 1. The smallest absolute Gasteiger partial charge is 0.257 e. The fraction of sp³-hybridized carbons (Fsp3) is 0.227. The lowest BCUT2D eigenvalue weighted by Crippen LogP contribution is -2.50. The van der Waals surface area contributed by atoms with Gasteiger partial charge in [0.05, 0.1) is 17.6 Å². The topological polar surface area (TPSA) is 59.7 Å². The van der Waals surface area contributed by atoms with Crippen molar-refractivity contribution in [2.24, 2.45) is 0 Å². The Morgan fingerprint density at radius 2 is 2.00 bits per heavy atom. The maximum absolute atomic E-state index is 14.6. The normalized spacial score (nSPS) is 19.6. The van der Waals surface area contributed by atoms with E-state index in [2.05, 4.69) is 9.97 Å². The molecular formula is C22H19FN4O2. The van der Waals surface area contributed by atoms with Crippen LogP contribution in [0.5, 0.6) is 5.88 Å². The fourth-order valence-electron chi connectivity index (χ4n) is 3.74. The second kappa shape index (κ2) is 7.16. The Morgan fingerprint density at radius 1 is 1.10 bits per heavy atom. The molecule has 2 atom stereocenters. The Morgan fingerprint density at radius 3 is 2.93 bits per heavy atom.